The Morgan fingerprint density at radius 2 is 1.36 bits per heavy atom. The summed E-state index contributed by atoms with van der Waals surface area (Å²) in [5.41, 5.74) is 0.748. The van der Waals surface area contributed by atoms with Crippen LogP contribution in [-0.2, 0) is 0 Å². The summed E-state index contributed by atoms with van der Waals surface area (Å²) in [5.74, 6) is 0. The summed E-state index contributed by atoms with van der Waals surface area (Å²) in [4.78, 5) is 0. The molecule has 0 bridgehead atoms. The molecule has 0 N–H and O–H groups in total. The van der Waals surface area contributed by atoms with Crippen LogP contribution in [0.1, 0.15) is 82.2 Å². The molecule has 0 heterocycles. The van der Waals surface area contributed by atoms with E-state index in [2.05, 4.69) is 21.0 Å². The number of hydrogen-bond acceptors (Lipinski definition) is 0. The first-order chi connectivity index (χ1) is 11.9. The molecule has 0 aliphatic carbocycles. The first-order valence-corrected chi connectivity index (χ1v) is 11.0. The number of rotatable bonds is 13. The van der Waals surface area contributed by atoms with E-state index in [0.29, 0.717) is 10.0 Å². The lowest BCUT2D eigenvalue weighted by molar-refractivity contribution is -0.907. The smallest absolute Gasteiger partial charge is 0.191 e. The molecule has 0 saturated carbocycles. The van der Waals surface area contributed by atoms with Crippen LogP contribution < -0.4 is 0 Å². The van der Waals surface area contributed by atoms with E-state index in [4.69, 9.17) is 34.8 Å². The summed E-state index contributed by atoms with van der Waals surface area (Å²) in [6.45, 7) is 3.32. The Hall–Kier alpha value is 0.0500. The highest BCUT2D eigenvalue weighted by atomic mass is 35.5. The molecule has 0 amide bonds. The third-order valence-electron chi connectivity index (χ3n) is 4.94. The van der Waals surface area contributed by atoms with Gasteiger partial charge in [-0.1, -0.05) is 105 Å². The fourth-order valence-corrected chi connectivity index (χ4v) is 3.95. The van der Waals surface area contributed by atoms with Crippen LogP contribution in [0.5, 0.6) is 0 Å². The van der Waals surface area contributed by atoms with Gasteiger partial charge in [0.25, 0.3) is 0 Å². The molecule has 0 aromatic heterocycles. The summed E-state index contributed by atoms with van der Waals surface area (Å²) >= 11 is 19.2. The maximum atomic E-state index is 6.73. The first-order valence-electron chi connectivity index (χ1n) is 9.80. The van der Waals surface area contributed by atoms with E-state index < -0.39 is 0 Å². The molecule has 1 aromatic carbocycles. The molecular weight excluding hydrogens is 373 g/mol. The van der Waals surface area contributed by atoms with E-state index in [1.54, 1.807) is 6.07 Å². The maximum absolute atomic E-state index is 6.73. The Morgan fingerprint density at radius 3 is 1.92 bits per heavy atom. The molecule has 0 saturated heterocycles. The molecule has 1 unspecified atom stereocenters. The third kappa shape index (κ3) is 8.52. The van der Waals surface area contributed by atoms with Crippen molar-refractivity contribution in [3.63, 3.8) is 0 Å². The van der Waals surface area contributed by atoms with E-state index in [0.717, 1.165) is 16.6 Å². The zero-order valence-corrected chi connectivity index (χ0v) is 18.4. The molecule has 4 heteroatoms. The molecule has 0 aliphatic heterocycles. The van der Waals surface area contributed by atoms with Gasteiger partial charge in [-0.2, -0.15) is 0 Å². The molecule has 0 radical (unpaired) electrons. The van der Waals surface area contributed by atoms with Crippen molar-refractivity contribution in [2.24, 2.45) is 0 Å². The topological polar surface area (TPSA) is 0 Å². The van der Waals surface area contributed by atoms with Crippen LogP contribution in [0.25, 0.3) is 0 Å². The highest BCUT2D eigenvalue weighted by molar-refractivity contribution is 6.42. The van der Waals surface area contributed by atoms with E-state index in [9.17, 15) is 0 Å². The van der Waals surface area contributed by atoms with Gasteiger partial charge in [0.2, 0.25) is 0 Å². The van der Waals surface area contributed by atoms with E-state index >= 15 is 0 Å². The van der Waals surface area contributed by atoms with Crippen LogP contribution in [0.15, 0.2) is 18.2 Å². The Morgan fingerprint density at radius 1 is 0.840 bits per heavy atom. The van der Waals surface area contributed by atoms with Gasteiger partial charge in [-0.15, -0.1) is 0 Å². The number of quaternary nitrogens is 1. The zero-order chi connectivity index (χ0) is 18.7. The summed E-state index contributed by atoms with van der Waals surface area (Å²) in [6, 6.07) is 5.70. The van der Waals surface area contributed by atoms with Crippen molar-refractivity contribution < 1.29 is 4.48 Å². The molecule has 1 atom stereocenters. The minimum atomic E-state index is -0.176. The average molecular weight is 408 g/mol. The largest absolute Gasteiger partial charge is 0.309 e. The van der Waals surface area contributed by atoms with Crippen LogP contribution in [0.4, 0.5) is 0 Å². The van der Waals surface area contributed by atoms with Crippen LogP contribution >= 0.6 is 34.8 Å². The van der Waals surface area contributed by atoms with Gasteiger partial charge in [-0.05, 0) is 18.9 Å². The Balaban J connectivity index is 2.25. The lowest BCUT2D eigenvalue weighted by atomic mass is 10.1. The second-order valence-electron chi connectivity index (χ2n) is 7.66. The summed E-state index contributed by atoms with van der Waals surface area (Å²) in [5, 5.41) is 1.15. The zero-order valence-electron chi connectivity index (χ0n) is 16.2. The van der Waals surface area contributed by atoms with Gasteiger partial charge in [0, 0.05) is 5.56 Å². The second-order valence-corrected chi connectivity index (χ2v) is 8.86. The van der Waals surface area contributed by atoms with Crippen molar-refractivity contribution in [3.05, 3.63) is 33.8 Å². The van der Waals surface area contributed by atoms with E-state index in [1.807, 2.05) is 12.1 Å². The van der Waals surface area contributed by atoms with Gasteiger partial charge in [-0.3, -0.25) is 0 Å². The average Bonchev–Trinajstić information content (AvgIpc) is 2.58. The molecule has 0 aliphatic rings. The lowest BCUT2D eigenvalue weighted by Gasteiger charge is -2.35. The SMILES string of the molecule is CCCCCCCCCCCC[N+](C)(C)C(Cl)c1cccc(Cl)c1Cl. The molecule has 0 fully saturated rings. The lowest BCUT2D eigenvalue weighted by Crippen LogP contribution is -2.41. The second kappa shape index (κ2) is 12.4. The first kappa shape index (κ1) is 23.1. The molecule has 0 spiro atoms. The predicted molar refractivity (Wildman–Crippen MR) is 114 cm³/mol. The van der Waals surface area contributed by atoms with Gasteiger partial charge in [0.05, 0.1) is 30.7 Å². The van der Waals surface area contributed by atoms with Crippen molar-refractivity contribution >= 4 is 34.8 Å². The predicted octanol–water partition coefficient (Wildman–Crippen LogP) is 8.23. The Kier molecular flexibility index (Phi) is 11.5. The van der Waals surface area contributed by atoms with Crippen LogP contribution in [-0.4, -0.2) is 25.1 Å². The Bertz CT molecular complexity index is 488. The van der Waals surface area contributed by atoms with Crippen molar-refractivity contribution in [3.8, 4) is 0 Å². The van der Waals surface area contributed by atoms with Crippen LogP contribution in [0, 0.1) is 0 Å². The molecule has 1 rings (SSSR count). The molecule has 1 aromatic rings. The number of nitrogens with zero attached hydrogens (tertiary/aromatic N) is 1. The van der Waals surface area contributed by atoms with Gasteiger partial charge in [-0.25, -0.2) is 0 Å². The van der Waals surface area contributed by atoms with Crippen molar-refractivity contribution in [2.75, 3.05) is 20.6 Å². The highest BCUT2D eigenvalue weighted by Crippen LogP contribution is 2.37. The van der Waals surface area contributed by atoms with Crippen LogP contribution in [0.3, 0.4) is 0 Å². The number of hydrogen-bond donors (Lipinski definition) is 0. The molecule has 1 nitrogen and oxygen atoms in total. The molecule has 144 valence electrons. The van der Waals surface area contributed by atoms with Crippen molar-refractivity contribution in [2.45, 2.75) is 76.6 Å². The monoisotopic (exact) mass is 406 g/mol. The van der Waals surface area contributed by atoms with Gasteiger partial charge < -0.3 is 4.48 Å². The minimum absolute atomic E-state index is 0.176. The van der Waals surface area contributed by atoms with E-state index in [1.165, 1.54) is 64.2 Å². The third-order valence-corrected chi connectivity index (χ3v) is 6.54. The van der Waals surface area contributed by atoms with Crippen LogP contribution in [0.2, 0.25) is 10.0 Å². The number of halogens is 3. The minimum Gasteiger partial charge on any atom is -0.309 e. The number of benzene rings is 1. The number of alkyl halides is 1. The highest BCUT2D eigenvalue weighted by Gasteiger charge is 2.29. The summed E-state index contributed by atoms with van der Waals surface area (Å²) in [6.07, 6.45) is 13.5. The Labute approximate surface area is 170 Å². The van der Waals surface area contributed by atoms with E-state index in [-0.39, 0.29) is 5.50 Å². The fraction of sp³-hybridized carbons (Fsp3) is 0.714. The van der Waals surface area contributed by atoms with Gasteiger partial charge >= 0.3 is 0 Å². The molecule has 25 heavy (non-hydrogen) atoms. The number of unbranched alkanes of at least 4 members (excludes halogenated alkanes) is 9. The molecular formula is C21H35Cl3N+. The van der Waals surface area contributed by atoms with Crippen molar-refractivity contribution in [1.82, 2.24) is 0 Å². The fourth-order valence-electron chi connectivity index (χ4n) is 3.20. The maximum Gasteiger partial charge on any atom is 0.191 e. The van der Waals surface area contributed by atoms with Gasteiger partial charge in [0.1, 0.15) is 0 Å². The van der Waals surface area contributed by atoms with Crippen molar-refractivity contribution in [1.29, 1.82) is 0 Å². The summed E-state index contributed by atoms with van der Waals surface area (Å²) < 4.78 is 0.721. The standard InChI is InChI=1S/C21H35Cl3N/c1-4-5-6-7-8-9-10-11-12-13-17-25(2,3)21(24)18-15-14-16-19(22)20(18)23/h14-16,21H,4-13,17H2,1-3H3/q+1. The normalized spacial score (nSPS) is 13.2. The van der Waals surface area contributed by atoms with Gasteiger partial charge in [0.15, 0.2) is 5.50 Å². The quantitative estimate of drug-likeness (QED) is 0.134. The summed E-state index contributed by atoms with van der Waals surface area (Å²) in [7, 11) is 4.34.